The van der Waals surface area contributed by atoms with E-state index >= 15 is 0 Å². The van der Waals surface area contributed by atoms with E-state index in [-0.39, 0.29) is 24.0 Å². The Labute approximate surface area is 159 Å². The van der Waals surface area contributed by atoms with E-state index < -0.39 is 35.9 Å². The number of nitrogens with one attached hydrogen (secondary N) is 2. The van der Waals surface area contributed by atoms with E-state index in [1.807, 2.05) is 0 Å². The molecule has 0 fully saturated rings. The number of amides is 2. The van der Waals surface area contributed by atoms with Crippen molar-refractivity contribution in [1.29, 1.82) is 0 Å². The molecule has 0 aliphatic rings. The number of hydrogen-bond acceptors (Lipinski definition) is 5. The maximum Gasteiger partial charge on any atom is 0.326 e. The number of carbonyl (C=O) groups excluding carboxylic acids is 2. The number of aliphatic carboxylic acids is 1. The summed E-state index contributed by atoms with van der Waals surface area (Å²) >= 11 is 0. The lowest BCUT2D eigenvalue weighted by Gasteiger charge is -2.25. The molecule has 0 saturated carbocycles. The summed E-state index contributed by atoms with van der Waals surface area (Å²) in [4.78, 5) is 36.4. The average Bonchev–Trinajstić information content (AvgIpc) is 2.59. The molecular formula is C19H29N3O5. The molecule has 8 heteroatoms. The molecule has 1 rings (SSSR count). The minimum Gasteiger partial charge on any atom is -0.508 e. The Bertz CT molecular complexity index is 658. The zero-order valence-corrected chi connectivity index (χ0v) is 16.1. The van der Waals surface area contributed by atoms with Crippen LogP contribution < -0.4 is 16.4 Å². The highest BCUT2D eigenvalue weighted by atomic mass is 16.4. The predicted molar refractivity (Wildman–Crippen MR) is 101 cm³/mol. The molecule has 0 aliphatic heterocycles. The quantitative estimate of drug-likeness (QED) is 0.426. The molecular weight excluding hydrogens is 350 g/mol. The number of aromatic hydroxyl groups is 1. The van der Waals surface area contributed by atoms with Crippen LogP contribution in [0.4, 0.5) is 0 Å². The van der Waals surface area contributed by atoms with E-state index in [9.17, 15) is 24.6 Å². The fraction of sp³-hybridized carbons (Fsp3) is 0.526. The van der Waals surface area contributed by atoms with Gasteiger partial charge in [-0.1, -0.05) is 39.8 Å². The number of rotatable bonds is 9. The smallest absolute Gasteiger partial charge is 0.326 e. The number of carbonyl (C=O) groups is 3. The van der Waals surface area contributed by atoms with E-state index in [0.29, 0.717) is 5.56 Å². The van der Waals surface area contributed by atoms with Crippen LogP contribution in [-0.4, -0.2) is 46.1 Å². The third kappa shape index (κ3) is 6.90. The lowest BCUT2D eigenvalue weighted by Crippen LogP contribution is -2.56. The van der Waals surface area contributed by atoms with Gasteiger partial charge in [-0.3, -0.25) is 9.59 Å². The van der Waals surface area contributed by atoms with E-state index in [4.69, 9.17) is 5.73 Å². The first-order valence-electron chi connectivity index (χ1n) is 8.90. The number of carboxylic acids is 1. The molecule has 2 amide bonds. The van der Waals surface area contributed by atoms with Crippen LogP contribution in [-0.2, 0) is 20.8 Å². The number of benzene rings is 1. The van der Waals surface area contributed by atoms with Crippen LogP contribution >= 0.6 is 0 Å². The van der Waals surface area contributed by atoms with Crippen molar-refractivity contribution in [2.45, 2.75) is 52.2 Å². The van der Waals surface area contributed by atoms with Crippen molar-refractivity contribution in [3.8, 4) is 5.75 Å². The summed E-state index contributed by atoms with van der Waals surface area (Å²) < 4.78 is 0. The van der Waals surface area contributed by atoms with E-state index in [2.05, 4.69) is 10.6 Å². The second kappa shape index (κ2) is 9.91. The van der Waals surface area contributed by atoms with E-state index in [1.54, 1.807) is 39.8 Å². The summed E-state index contributed by atoms with van der Waals surface area (Å²) in [5.41, 5.74) is 6.55. The van der Waals surface area contributed by atoms with Crippen molar-refractivity contribution >= 4 is 17.8 Å². The average molecular weight is 379 g/mol. The Balaban J connectivity index is 3.00. The van der Waals surface area contributed by atoms with Crippen LogP contribution in [0.25, 0.3) is 0 Å². The van der Waals surface area contributed by atoms with Gasteiger partial charge in [-0.2, -0.15) is 0 Å². The SMILES string of the molecule is CC(C)C(N)C(=O)NC(Cc1ccc(O)cc1)C(=O)NC(C(=O)O)C(C)C. The minimum absolute atomic E-state index is 0.0800. The molecule has 27 heavy (non-hydrogen) atoms. The standard InChI is InChI=1S/C19H29N3O5/c1-10(2)15(20)18(25)21-14(9-12-5-7-13(23)8-6-12)17(24)22-16(11(3)4)19(26)27/h5-8,10-11,14-16,23H,9,20H2,1-4H3,(H,21,25)(H,22,24)(H,26,27). The minimum atomic E-state index is -1.15. The molecule has 150 valence electrons. The number of carboxylic acid groups (broad SMARTS) is 1. The van der Waals surface area contributed by atoms with Gasteiger partial charge in [0.05, 0.1) is 6.04 Å². The molecule has 3 unspecified atom stereocenters. The van der Waals surface area contributed by atoms with Crippen LogP contribution in [0.1, 0.15) is 33.3 Å². The molecule has 0 heterocycles. The molecule has 8 nitrogen and oxygen atoms in total. The van der Waals surface area contributed by atoms with Crippen molar-refractivity contribution in [3.05, 3.63) is 29.8 Å². The monoisotopic (exact) mass is 379 g/mol. The number of phenols is 1. The summed E-state index contributed by atoms with van der Waals surface area (Å²) in [6.45, 7) is 6.94. The van der Waals surface area contributed by atoms with Crippen LogP contribution in [0.15, 0.2) is 24.3 Å². The third-order valence-corrected chi connectivity index (χ3v) is 4.26. The van der Waals surface area contributed by atoms with Crippen LogP contribution in [0.3, 0.4) is 0 Å². The van der Waals surface area contributed by atoms with E-state index in [0.717, 1.165) is 0 Å². The zero-order chi connectivity index (χ0) is 20.7. The first kappa shape index (κ1) is 22.4. The molecule has 6 N–H and O–H groups in total. The fourth-order valence-electron chi connectivity index (χ4n) is 2.42. The van der Waals surface area contributed by atoms with Gasteiger partial charge in [0.25, 0.3) is 0 Å². The molecule has 1 aromatic carbocycles. The van der Waals surface area contributed by atoms with Gasteiger partial charge in [0.15, 0.2) is 0 Å². The summed E-state index contributed by atoms with van der Waals surface area (Å²) in [5.74, 6) is -2.60. The number of nitrogens with two attached hydrogens (primary N) is 1. The summed E-state index contributed by atoms with van der Waals surface area (Å²) in [7, 11) is 0. The molecule has 0 aromatic heterocycles. The van der Waals surface area contributed by atoms with E-state index in [1.165, 1.54) is 12.1 Å². The fourth-order valence-corrected chi connectivity index (χ4v) is 2.42. The van der Waals surface area contributed by atoms with Gasteiger partial charge in [0, 0.05) is 6.42 Å². The van der Waals surface area contributed by atoms with Crippen LogP contribution in [0.5, 0.6) is 5.75 Å². The lowest BCUT2D eigenvalue weighted by molar-refractivity contribution is -0.143. The molecule has 0 spiro atoms. The van der Waals surface area contributed by atoms with Gasteiger partial charge in [-0.15, -0.1) is 0 Å². The van der Waals surface area contributed by atoms with Crippen LogP contribution in [0, 0.1) is 11.8 Å². The summed E-state index contributed by atoms with van der Waals surface area (Å²) in [6, 6.07) is 3.34. The zero-order valence-electron chi connectivity index (χ0n) is 16.1. The molecule has 0 aliphatic carbocycles. The van der Waals surface area contributed by atoms with Crippen molar-refractivity contribution in [1.82, 2.24) is 10.6 Å². The lowest BCUT2D eigenvalue weighted by atomic mass is 10.00. The molecule has 3 atom stereocenters. The Kier molecular flexibility index (Phi) is 8.24. The van der Waals surface area contributed by atoms with Crippen molar-refractivity contribution in [2.75, 3.05) is 0 Å². The van der Waals surface area contributed by atoms with Gasteiger partial charge >= 0.3 is 5.97 Å². The van der Waals surface area contributed by atoms with Gasteiger partial charge in [-0.25, -0.2) is 4.79 Å². The van der Waals surface area contributed by atoms with Gasteiger partial charge < -0.3 is 26.6 Å². The summed E-state index contributed by atoms with van der Waals surface area (Å²) in [5, 5.41) is 23.8. The first-order chi connectivity index (χ1) is 12.5. The Morgan fingerprint density at radius 3 is 1.96 bits per heavy atom. The van der Waals surface area contributed by atoms with Gasteiger partial charge in [0.1, 0.15) is 17.8 Å². The normalized spacial score (nSPS) is 14.5. The van der Waals surface area contributed by atoms with Crippen molar-refractivity contribution < 1.29 is 24.6 Å². The Hall–Kier alpha value is -2.61. The maximum absolute atomic E-state index is 12.7. The number of phenolic OH excluding ortho intramolecular Hbond substituents is 1. The molecule has 0 bridgehead atoms. The second-order valence-electron chi connectivity index (χ2n) is 7.27. The molecule has 1 aromatic rings. The Morgan fingerprint density at radius 2 is 1.52 bits per heavy atom. The van der Waals surface area contributed by atoms with Crippen molar-refractivity contribution in [2.24, 2.45) is 17.6 Å². The molecule has 0 saturated heterocycles. The highest BCUT2D eigenvalue weighted by Gasteiger charge is 2.30. The van der Waals surface area contributed by atoms with Gasteiger partial charge in [-0.05, 0) is 29.5 Å². The maximum atomic E-state index is 12.7. The highest BCUT2D eigenvalue weighted by molar-refractivity contribution is 5.92. The molecule has 0 radical (unpaired) electrons. The van der Waals surface area contributed by atoms with Gasteiger partial charge in [0.2, 0.25) is 11.8 Å². The highest BCUT2D eigenvalue weighted by Crippen LogP contribution is 2.12. The van der Waals surface area contributed by atoms with Crippen LogP contribution in [0.2, 0.25) is 0 Å². The third-order valence-electron chi connectivity index (χ3n) is 4.26. The first-order valence-corrected chi connectivity index (χ1v) is 8.90. The van der Waals surface area contributed by atoms with Crippen molar-refractivity contribution in [3.63, 3.8) is 0 Å². The summed E-state index contributed by atoms with van der Waals surface area (Å²) in [6.07, 6.45) is 0.132. The number of hydrogen-bond donors (Lipinski definition) is 5. The predicted octanol–water partition coefficient (Wildman–Crippen LogP) is 0.628. The topological polar surface area (TPSA) is 142 Å². The largest absolute Gasteiger partial charge is 0.508 e. The second-order valence-corrected chi connectivity index (χ2v) is 7.27. The Morgan fingerprint density at radius 1 is 0.963 bits per heavy atom.